The number of aliphatic hydroxyl groups excluding tert-OH is 2. The van der Waals surface area contributed by atoms with Crippen LogP contribution in [0.5, 0.6) is 0 Å². The Bertz CT molecular complexity index is 855. The lowest BCUT2D eigenvalue weighted by atomic mass is 9.79. The Morgan fingerprint density at radius 3 is 2.93 bits per heavy atom. The molecule has 158 valence electrons. The van der Waals surface area contributed by atoms with Crippen molar-refractivity contribution < 1.29 is 24.9 Å². The maximum absolute atomic E-state index is 12.4. The maximum Gasteiger partial charge on any atom is 0.353 e. The summed E-state index contributed by atoms with van der Waals surface area (Å²) < 4.78 is 0. The van der Waals surface area contributed by atoms with E-state index < -0.39 is 18.0 Å². The lowest BCUT2D eigenvalue weighted by molar-refractivity contribution is -0.163. The topological polar surface area (TPSA) is 123 Å². The molecule has 3 aliphatic heterocycles. The Labute approximate surface area is 177 Å². The summed E-state index contributed by atoms with van der Waals surface area (Å²) >= 11 is 3.11. The molecule has 10 heteroatoms. The molecule has 1 aromatic rings. The fourth-order valence-corrected chi connectivity index (χ4v) is 6.97. The largest absolute Gasteiger partial charge is 0.477 e. The third-order valence-corrected chi connectivity index (χ3v) is 8.45. The molecule has 6 atom stereocenters. The van der Waals surface area contributed by atoms with Gasteiger partial charge in [-0.1, -0.05) is 6.92 Å². The number of thiazole rings is 1. The zero-order valence-corrected chi connectivity index (χ0v) is 17.9. The average Bonchev–Trinajstić information content (AvgIpc) is 3.34. The van der Waals surface area contributed by atoms with Crippen molar-refractivity contribution in [3.05, 3.63) is 26.7 Å². The first kappa shape index (κ1) is 20.8. The van der Waals surface area contributed by atoms with Gasteiger partial charge in [0, 0.05) is 41.0 Å². The summed E-state index contributed by atoms with van der Waals surface area (Å²) in [6, 6.07) is -0.166. The molecular weight excluding hydrogens is 414 g/mol. The quantitative estimate of drug-likeness (QED) is 0.464. The van der Waals surface area contributed by atoms with Gasteiger partial charge in [0.25, 0.3) is 0 Å². The van der Waals surface area contributed by atoms with Crippen LogP contribution in [0.3, 0.4) is 0 Å². The third-order valence-electron chi connectivity index (χ3n) is 5.93. The van der Waals surface area contributed by atoms with Crippen LogP contribution in [0.4, 0.5) is 0 Å². The highest BCUT2D eigenvalue weighted by molar-refractivity contribution is 8.03. The lowest BCUT2D eigenvalue weighted by Crippen LogP contribution is -2.63. The van der Waals surface area contributed by atoms with Crippen molar-refractivity contribution in [1.29, 1.82) is 0 Å². The molecule has 1 aromatic heterocycles. The van der Waals surface area contributed by atoms with Crippen molar-refractivity contribution in [2.24, 2.45) is 11.8 Å². The summed E-state index contributed by atoms with van der Waals surface area (Å²) in [5.41, 5.74) is 0.968. The first-order chi connectivity index (χ1) is 13.8. The number of aliphatic carboxylic acids is 1. The smallest absolute Gasteiger partial charge is 0.353 e. The molecule has 0 radical (unpaired) electrons. The minimum absolute atomic E-state index is 0.0770. The predicted octanol–water partition coefficient (Wildman–Crippen LogP) is 0.968. The highest BCUT2D eigenvalue weighted by atomic mass is 32.2. The van der Waals surface area contributed by atoms with Gasteiger partial charge in [0.15, 0.2) is 0 Å². The van der Waals surface area contributed by atoms with E-state index in [1.165, 1.54) is 16.7 Å². The summed E-state index contributed by atoms with van der Waals surface area (Å²) in [6.45, 7) is 4.34. The first-order valence-electron chi connectivity index (χ1n) is 9.77. The van der Waals surface area contributed by atoms with Gasteiger partial charge in [-0.15, -0.1) is 23.1 Å². The van der Waals surface area contributed by atoms with Crippen LogP contribution in [0.15, 0.2) is 16.0 Å². The van der Waals surface area contributed by atoms with Crippen molar-refractivity contribution in [1.82, 2.24) is 15.2 Å². The molecule has 0 saturated carbocycles. The van der Waals surface area contributed by atoms with Crippen molar-refractivity contribution in [2.75, 3.05) is 13.2 Å². The lowest BCUT2D eigenvalue weighted by Gasteiger charge is -2.46. The van der Waals surface area contributed by atoms with E-state index in [0.29, 0.717) is 6.42 Å². The number of β-lactam (4-membered cyclic amide) rings is 1. The van der Waals surface area contributed by atoms with E-state index in [9.17, 15) is 19.8 Å². The number of carboxylic acid groups (broad SMARTS) is 1. The molecule has 0 aromatic carbocycles. The number of hydrogen-bond donors (Lipinski definition) is 4. The number of amides is 1. The number of thioether (sulfide) groups is 1. The molecule has 2 unspecified atom stereocenters. The molecule has 2 fully saturated rings. The van der Waals surface area contributed by atoms with Crippen molar-refractivity contribution in [3.8, 4) is 0 Å². The number of rotatable bonds is 7. The maximum atomic E-state index is 12.4. The second-order valence-electron chi connectivity index (χ2n) is 7.86. The molecule has 1 amide bonds. The van der Waals surface area contributed by atoms with Gasteiger partial charge in [0.2, 0.25) is 5.91 Å². The van der Waals surface area contributed by atoms with Crippen molar-refractivity contribution in [2.45, 2.75) is 50.1 Å². The van der Waals surface area contributed by atoms with Gasteiger partial charge in [-0.25, -0.2) is 9.78 Å². The third kappa shape index (κ3) is 3.50. The molecule has 0 aliphatic carbocycles. The zero-order chi connectivity index (χ0) is 20.9. The molecule has 8 nitrogen and oxygen atoms in total. The van der Waals surface area contributed by atoms with E-state index in [-0.39, 0.29) is 41.5 Å². The normalized spacial score (nSPS) is 32.5. The number of nitrogens with zero attached hydrogens (tertiary/aromatic N) is 2. The summed E-state index contributed by atoms with van der Waals surface area (Å²) in [5.74, 6) is -2.03. The molecule has 4 heterocycles. The number of fused-ring (bicyclic) bond motifs is 1. The van der Waals surface area contributed by atoms with Gasteiger partial charge in [0.05, 0.1) is 29.8 Å². The van der Waals surface area contributed by atoms with Crippen LogP contribution in [0, 0.1) is 11.8 Å². The monoisotopic (exact) mass is 439 g/mol. The van der Waals surface area contributed by atoms with Crippen LogP contribution in [-0.2, 0) is 16.0 Å². The van der Waals surface area contributed by atoms with Crippen LogP contribution in [0.1, 0.15) is 37.0 Å². The van der Waals surface area contributed by atoms with E-state index in [1.807, 2.05) is 12.3 Å². The molecular formula is C19H25N3O5S2. The van der Waals surface area contributed by atoms with E-state index in [2.05, 4.69) is 10.3 Å². The SMILES string of the molecule is C[C@@H](O)C1C(=O)N2C(C(=O)O)=C(S[C@@H]3CN[C@H](c4nc(CCO)cs4)C3)[C@H](C)C12. The summed E-state index contributed by atoms with van der Waals surface area (Å²) in [7, 11) is 0. The number of carbonyl (C=O) groups excluding carboxylic acids is 1. The average molecular weight is 440 g/mol. The highest BCUT2D eigenvalue weighted by Gasteiger charge is 2.60. The van der Waals surface area contributed by atoms with Crippen LogP contribution in [0.2, 0.25) is 0 Å². The van der Waals surface area contributed by atoms with Gasteiger partial charge in [-0.2, -0.15) is 0 Å². The van der Waals surface area contributed by atoms with E-state index in [4.69, 9.17) is 5.11 Å². The number of nitrogens with one attached hydrogen (secondary N) is 1. The van der Waals surface area contributed by atoms with Gasteiger partial charge < -0.3 is 25.5 Å². The molecule has 0 spiro atoms. The Balaban J connectivity index is 1.48. The van der Waals surface area contributed by atoms with E-state index in [0.717, 1.165) is 28.6 Å². The summed E-state index contributed by atoms with van der Waals surface area (Å²) in [5, 5.41) is 35.3. The fourth-order valence-electron chi connectivity index (χ4n) is 4.55. The number of aromatic nitrogens is 1. The van der Waals surface area contributed by atoms with Crippen LogP contribution in [-0.4, -0.2) is 67.6 Å². The van der Waals surface area contributed by atoms with Crippen LogP contribution >= 0.6 is 23.1 Å². The minimum Gasteiger partial charge on any atom is -0.477 e. The molecule has 29 heavy (non-hydrogen) atoms. The molecule has 3 aliphatic rings. The summed E-state index contributed by atoms with van der Waals surface area (Å²) in [6.07, 6.45) is 0.572. The van der Waals surface area contributed by atoms with Crippen LogP contribution < -0.4 is 5.32 Å². The Kier molecular flexibility index (Phi) is 5.73. The second kappa shape index (κ2) is 7.99. The van der Waals surface area contributed by atoms with E-state index >= 15 is 0 Å². The Hall–Kier alpha value is -1.46. The van der Waals surface area contributed by atoms with Crippen molar-refractivity contribution in [3.63, 3.8) is 0 Å². The number of hydrogen-bond acceptors (Lipinski definition) is 8. The molecule has 2 saturated heterocycles. The Morgan fingerprint density at radius 1 is 1.52 bits per heavy atom. The van der Waals surface area contributed by atoms with Crippen LogP contribution in [0.25, 0.3) is 0 Å². The predicted molar refractivity (Wildman–Crippen MR) is 109 cm³/mol. The standard InChI is InChI=1S/C19H25N3O5S2/c1-8-14-13(9(2)24)18(25)22(14)15(19(26)27)16(8)29-11-5-12(20-6-11)17-21-10(3-4-23)7-28-17/h7-9,11-14,20,23-24H,3-6H2,1-2H3,(H,26,27)/t8-,9-,11+,12+,13?,14?/m1/s1. The molecule has 4 N–H and O–H groups in total. The van der Waals surface area contributed by atoms with Gasteiger partial charge in [-0.05, 0) is 13.3 Å². The highest BCUT2D eigenvalue weighted by Crippen LogP contribution is 2.52. The first-order valence-corrected chi connectivity index (χ1v) is 11.5. The second-order valence-corrected chi connectivity index (χ2v) is 10.1. The Morgan fingerprint density at radius 2 is 2.28 bits per heavy atom. The minimum atomic E-state index is -1.09. The van der Waals surface area contributed by atoms with Gasteiger partial charge in [0.1, 0.15) is 10.7 Å². The number of aliphatic hydroxyl groups is 2. The number of carboxylic acids is 1. The number of carbonyl (C=O) groups is 2. The summed E-state index contributed by atoms with van der Waals surface area (Å²) in [4.78, 5) is 31.0. The van der Waals surface area contributed by atoms with E-state index in [1.54, 1.807) is 18.3 Å². The van der Waals surface area contributed by atoms with Gasteiger partial charge >= 0.3 is 5.97 Å². The zero-order valence-electron chi connectivity index (χ0n) is 16.2. The molecule has 4 rings (SSSR count). The van der Waals surface area contributed by atoms with Gasteiger partial charge in [-0.3, -0.25) is 4.79 Å². The van der Waals surface area contributed by atoms with Crippen molar-refractivity contribution >= 4 is 35.0 Å². The molecule has 0 bridgehead atoms. The fraction of sp³-hybridized carbons (Fsp3) is 0.632.